The van der Waals surface area contributed by atoms with Gasteiger partial charge in [0.1, 0.15) is 0 Å². The van der Waals surface area contributed by atoms with Crippen molar-refractivity contribution in [1.82, 2.24) is 0 Å². The third-order valence-electron chi connectivity index (χ3n) is 11.5. The highest BCUT2D eigenvalue weighted by atomic mass is 19.4. The first-order chi connectivity index (χ1) is 17.0. The van der Waals surface area contributed by atoms with Gasteiger partial charge in [-0.2, -0.15) is 13.2 Å². The quantitative estimate of drug-likeness (QED) is 0.364. The van der Waals surface area contributed by atoms with Crippen molar-refractivity contribution in [3.05, 3.63) is 23.3 Å². The van der Waals surface area contributed by atoms with Crippen LogP contribution in [0.5, 0.6) is 0 Å². The normalized spacial score (nSPS) is 44.9. The van der Waals surface area contributed by atoms with Gasteiger partial charge >= 0.3 is 12.1 Å². The molecule has 0 heterocycles. The topological polar surface area (TPSA) is 60.4 Å². The zero-order chi connectivity index (χ0) is 27.3. The third-order valence-corrected chi connectivity index (χ3v) is 11.5. The van der Waals surface area contributed by atoms with E-state index in [1.807, 2.05) is 0 Å². The molecule has 5 aliphatic rings. The van der Waals surface area contributed by atoms with E-state index in [-0.39, 0.29) is 40.8 Å². The Hall–Kier alpha value is -1.92. The highest BCUT2D eigenvalue weighted by molar-refractivity contribution is 6.00. The van der Waals surface area contributed by atoms with Gasteiger partial charge in [0.05, 0.1) is 18.1 Å². The van der Waals surface area contributed by atoms with Crippen LogP contribution in [0.3, 0.4) is 0 Å². The predicted molar refractivity (Wildman–Crippen MR) is 132 cm³/mol. The van der Waals surface area contributed by atoms with Crippen molar-refractivity contribution < 1.29 is 32.3 Å². The highest BCUT2D eigenvalue weighted by Crippen LogP contribution is 2.69. The van der Waals surface area contributed by atoms with Gasteiger partial charge in [-0.05, 0) is 79.6 Å². The number of carbonyl (C=O) groups excluding carboxylic acids is 3. The van der Waals surface area contributed by atoms with Crippen molar-refractivity contribution in [2.24, 2.45) is 51.2 Å². The van der Waals surface area contributed by atoms with E-state index in [0.29, 0.717) is 25.7 Å². The maximum absolute atomic E-state index is 14.0. The number of ether oxygens (including phenoxy) is 1. The van der Waals surface area contributed by atoms with Gasteiger partial charge in [0.25, 0.3) is 0 Å². The molecule has 37 heavy (non-hydrogen) atoms. The molecule has 5 aliphatic carbocycles. The number of alkyl halides is 3. The minimum atomic E-state index is -4.73. The van der Waals surface area contributed by atoms with E-state index < -0.39 is 39.7 Å². The molecular formula is C30H39F3O4. The van der Waals surface area contributed by atoms with Crippen LogP contribution in [0.25, 0.3) is 0 Å². The van der Waals surface area contributed by atoms with Gasteiger partial charge in [-0.25, -0.2) is 0 Å². The molecule has 0 N–H and O–H groups in total. The second-order valence-electron chi connectivity index (χ2n) is 13.8. The van der Waals surface area contributed by atoms with Gasteiger partial charge in [0.2, 0.25) is 0 Å². The van der Waals surface area contributed by atoms with Crippen molar-refractivity contribution in [1.29, 1.82) is 0 Å². The van der Waals surface area contributed by atoms with E-state index in [4.69, 9.17) is 4.74 Å². The maximum Gasteiger partial charge on any atom is 0.419 e. The van der Waals surface area contributed by atoms with E-state index >= 15 is 0 Å². The first-order valence-electron chi connectivity index (χ1n) is 13.7. The smallest absolute Gasteiger partial charge is 0.419 e. The molecule has 3 fully saturated rings. The molecule has 4 nitrogen and oxygen atoms in total. The SMILES string of the molecule is COC(=O)C12CCC3C(C(=O)C=C4C5(C)C=C(C(F)(F)F)C(=O)C(C)C5CCC43C)C1CC(C)(C)CC2. The summed E-state index contributed by atoms with van der Waals surface area (Å²) in [5.74, 6) is -2.73. The Morgan fingerprint density at radius 3 is 2.24 bits per heavy atom. The first kappa shape index (κ1) is 26.7. The largest absolute Gasteiger partial charge is 0.469 e. The molecule has 0 saturated heterocycles. The van der Waals surface area contributed by atoms with Crippen LogP contribution < -0.4 is 0 Å². The number of halogens is 3. The lowest BCUT2D eigenvalue weighted by molar-refractivity contribution is -0.177. The Kier molecular flexibility index (Phi) is 5.80. The fourth-order valence-electron chi connectivity index (χ4n) is 9.59. The van der Waals surface area contributed by atoms with Gasteiger partial charge < -0.3 is 4.74 Å². The molecule has 0 radical (unpaired) electrons. The number of Topliss-reactive ketones (excluding diaryl/α,β-unsaturated/α-hetero) is 1. The van der Waals surface area contributed by atoms with Crippen LogP contribution in [0.1, 0.15) is 79.6 Å². The average molecular weight is 521 g/mol. The summed E-state index contributed by atoms with van der Waals surface area (Å²) in [4.78, 5) is 40.0. The summed E-state index contributed by atoms with van der Waals surface area (Å²) in [6.45, 7) is 9.89. The zero-order valence-electron chi connectivity index (χ0n) is 22.8. The number of fused-ring (bicyclic) bond motifs is 7. The van der Waals surface area contributed by atoms with Crippen molar-refractivity contribution >= 4 is 17.5 Å². The molecule has 0 bridgehead atoms. The monoisotopic (exact) mass is 520 g/mol. The van der Waals surface area contributed by atoms with Gasteiger partial charge in [0.15, 0.2) is 11.6 Å². The second kappa shape index (κ2) is 8.05. The van der Waals surface area contributed by atoms with Crippen LogP contribution in [0, 0.1) is 51.2 Å². The number of rotatable bonds is 1. The Balaban J connectivity index is 1.65. The van der Waals surface area contributed by atoms with E-state index in [2.05, 4.69) is 20.8 Å². The molecule has 0 aromatic heterocycles. The number of hydrogen-bond acceptors (Lipinski definition) is 4. The molecule has 7 heteroatoms. The van der Waals surface area contributed by atoms with Crippen molar-refractivity contribution in [3.63, 3.8) is 0 Å². The highest BCUT2D eigenvalue weighted by Gasteiger charge is 2.66. The summed E-state index contributed by atoms with van der Waals surface area (Å²) < 4.78 is 47.2. The zero-order valence-corrected chi connectivity index (χ0v) is 22.8. The minimum Gasteiger partial charge on any atom is -0.469 e. The lowest BCUT2D eigenvalue weighted by Gasteiger charge is -2.63. The standard InChI is InChI=1S/C30H39F3O4/c1-16-17-7-9-27(4)18-8-10-29(25(36)37-6)12-11-26(2,3)14-19(29)23(18)21(34)13-22(27)28(17,5)15-20(24(16)35)30(31,32)33/h13,15-19,23H,7-12,14H2,1-6H3. The van der Waals surface area contributed by atoms with E-state index in [1.165, 1.54) is 7.11 Å². The van der Waals surface area contributed by atoms with Crippen molar-refractivity contribution in [2.75, 3.05) is 7.11 Å². The number of carbonyl (C=O) groups is 3. The molecule has 3 saturated carbocycles. The number of ketones is 2. The fourth-order valence-corrected chi connectivity index (χ4v) is 9.59. The summed E-state index contributed by atoms with van der Waals surface area (Å²) in [5, 5.41) is 0. The number of esters is 1. The summed E-state index contributed by atoms with van der Waals surface area (Å²) in [6, 6.07) is 0. The molecule has 0 aromatic carbocycles. The van der Waals surface area contributed by atoms with Crippen LogP contribution in [-0.2, 0) is 19.1 Å². The summed E-state index contributed by atoms with van der Waals surface area (Å²) >= 11 is 0. The lowest BCUT2D eigenvalue weighted by atomic mass is 9.39. The molecule has 0 amide bonds. The molecule has 0 aromatic rings. The van der Waals surface area contributed by atoms with Gasteiger partial charge in [-0.1, -0.05) is 46.3 Å². The van der Waals surface area contributed by atoms with E-state index in [9.17, 15) is 27.6 Å². The lowest BCUT2D eigenvalue weighted by Crippen LogP contribution is -2.61. The van der Waals surface area contributed by atoms with E-state index in [1.54, 1.807) is 19.9 Å². The Morgan fingerprint density at radius 1 is 0.973 bits per heavy atom. The van der Waals surface area contributed by atoms with Crippen LogP contribution in [0.2, 0.25) is 0 Å². The molecule has 0 spiro atoms. The maximum atomic E-state index is 14.0. The third kappa shape index (κ3) is 3.57. The Bertz CT molecular complexity index is 1120. The fraction of sp³-hybridized carbons (Fsp3) is 0.767. The molecule has 0 aliphatic heterocycles. The van der Waals surface area contributed by atoms with Crippen LogP contribution >= 0.6 is 0 Å². The number of allylic oxidation sites excluding steroid dienone is 4. The molecule has 5 rings (SSSR count). The number of methoxy groups -OCH3 is 1. The molecule has 204 valence electrons. The summed E-state index contributed by atoms with van der Waals surface area (Å²) in [7, 11) is 1.42. The second-order valence-corrected chi connectivity index (χ2v) is 13.8. The minimum absolute atomic E-state index is 0.0115. The number of hydrogen-bond donors (Lipinski definition) is 0. The van der Waals surface area contributed by atoms with Crippen LogP contribution in [0.15, 0.2) is 23.3 Å². The summed E-state index contributed by atoms with van der Waals surface area (Å²) in [6.07, 6.45) is 3.04. The Labute approximate surface area is 217 Å². The summed E-state index contributed by atoms with van der Waals surface area (Å²) in [5.41, 5.74) is -2.51. The van der Waals surface area contributed by atoms with Gasteiger partial charge in [0, 0.05) is 17.3 Å². The van der Waals surface area contributed by atoms with Crippen molar-refractivity contribution in [3.8, 4) is 0 Å². The Morgan fingerprint density at radius 2 is 1.62 bits per heavy atom. The predicted octanol–water partition coefficient (Wildman–Crippen LogP) is 6.64. The van der Waals surface area contributed by atoms with Gasteiger partial charge in [-0.15, -0.1) is 0 Å². The van der Waals surface area contributed by atoms with Crippen LogP contribution in [-0.4, -0.2) is 30.8 Å². The van der Waals surface area contributed by atoms with Crippen molar-refractivity contribution in [2.45, 2.75) is 85.7 Å². The average Bonchev–Trinajstić information content (AvgIpc) is 2.81. The van der Waals surface area contributed by atoms with Crippen LogP contribution in [0.4, 0.5) is 13.2 Å². The van der Waals surface area contributed by atoms with Gasteiger partial charge in [-0.3, -0.25) is 14.4 Å². The molecule has 8 atom stereocenters. The molecular weight excluding hydrogens is 481 g/mol. The first-order valence-corrected chi connectivity index (χ1v) is 13.7. The molecule has 8 unspecified atom stereocenters. The van der Waals surface area contributed by atoms with E-state index in [0.717, 1.165) is 30.9 Å².